The van der Waals surface area contributed by atoms with Gasteiger partial charge in [-0.25, -0.2) is 0 Å². The van der Waals surface area contributed by atoms with E-state index in [0.717, 1.165) is 18.8 Å². The lowest BCUT2D eigenvalue weighted by Crippen LogP contribution is -2.46. The molecule has 0 aromatic carbocycles. The van der Waals surface area contributed by atoms with Crippen LogP contribution in [0.4, 0.5) is 0 Å². The van der Waals surface area contributed by atoms with Crippen LogP contribution in [0.3, 0.4) is 0 Å². The largest absolute Gasteiger partial charge is 0.352 e. The average molecular weight is 210 g/mol. The molecule has 0 heterocycles. The van der Waals surface area contributed by atoms with Gasteiger partial charge in [0.05, 0.1) is 6.04 Å². The molecule has 2 aliphatic carbocycles. The normalized spacial score (nSPS) is 32.7. The van der Waals surface area contributed by atoms with Gasteiger partial charge in [0.2, 0.25) is 5.91 Å². The topological polar surface area (TPSA) is 41.1 Å². The van der Waals surface area contributed by atoms with Crippen molar-refractivity contribution < 1.29 is 4.79 Å². The summed E-state index contributed by atoms with van der Waals surface area (Å²) in [6.45, 7) is 4.19. The highest BCUT2D eigenvalue weighted by atomic mass is 16.2. The molecule has 2 fully saturated rings. The Hall–Kier alpha value is -0.570. The van der Waals surface area contributed by atoms with E-state index >= 15 is 0 Å². The van der Waals surface area contributed by atoms with Crippen LogP contribution >= 0.6 is 0 Å². The van der Waals surface area contributed by atoms with E-state index in [1.54, 1.807) is 0 Å². The number of hydrogen-bond acceptors (Lipinski definition) is 2. The molecule has 2 rings (SSSR count). The molecule has 0 saturated heterocycles. The third-order valence-corrected chi connectivity index (χ3v) is 3.67. The summed E-state index contributed by atoms with van der Waals surface area (Å²) < 4.78 is 0. The average Bonchev–Trinajstić information content (AvgIpc) is 2.68. The zero-order valence-electron chi connectivity index (χ0n) is 9.75. The Kier molecular flexibility index (Phi) is 3.29. The molecule has 0 spiro atoms. The summed E-state index contributed by atoms with van der Waals surface area (Å²) in [6.07, 6.45) is 6.09. The summed E-state index contributed by atoms with van der Waals surface area (Å²) in [6, 6.07) is 0.994. The van der Waals surface area contributed by atoms with E-state index in [-0.39, 0.29) is 11.9 Å². The molecule has 0 aromatic rings. The van der Waals surface area contributed by atoms with E-state index in [9.17, 15) is 4.79 Å². The zero-order valence-corrected chi connectivity index (χ0v) is 9.75. The first kappa shape index (κ1) is 10.9. The minimum Gasteiger partial charge on any atom is -0.352 e. The number of carbonyl (C=O) groups excluding carboxylic acids is 1. The molecule has 3 nitrogen and oxygen atoms in total. The Bertz CT molecular complexity index is 236. The fourth-order valence-corrected chi connectivity index (χ4v) is 2.35. The SMILES string of the molecule is CC(NC1CC1C)C(=O)NC1CCCC1. The van der Waals surface area contributed by atoms with Crippen molar-refractivity contribution in [1.29, 1.82) is 0 Å². The minimum atomic E-state index is -0.0273. The maximum atomic E-state index is 11.8. The van der Waals surface area contributed by atoms with Gasteiger partial charge in [0, 0.05) is 12.1 Å². The smallest absolute Gasteiger partial charge is 0.237 e. The zero-order chi connectivity index (χ0) is 10.8. The fourth-order valence-electron chi connectivity index (χ4n) is 2.35. The van der Waals surface area contributed by atoms with Crippen LogP contribution in [0.2, 0.25) is 0 Å². The lowest BCUT2D eigenvalue weighted by Gasteiger charge is -2.17. The van der Waals surface area contributed by atoms with E-state index in [0.29, 0.717) is 12.1 Å². The number of hydrogen-bond donors (Lipinski definition) is 2. The summed E-state index contributed by atoms with van der Waals surface area (Å²) in [5.41, 5.74) is 0. The van der Waals surface area contributed by atoms with Gasteiger partial charge in [0.25, 0.3) is 0 Å². The summed E-state index contributed by atoms with van der Waals surface area (Å²) in [7, 11) is 0. The molecule has 1 amide bonds. The second-order valence-electron chi connectivity index (χ2n) is 5.20. The molecule has 2 N–H and O–H groups in total. The van der Waals surface area contributed by atoms with Crippen LogP contribution in [0, 0.1) is 5.92 Å². The summed E-state index contributed by atoms with van der Waals surface area (Å²) in [5, 5.41) is 6.49. The monoisotopic (exact) mass is 210 g/mol. The van der Waals surface area contributed by atoms with Gasteiger partial charge in [0.1, 0.15) is 0 Å². The van der Waals surface area contributed by atoms with Crippen LogP contribution in [-0.2, 0) is 4.79 Å². The molecule has 3 atom stereocenters. The predicted molar refractivity (Wildman–Crippen MR) is 60.6 cm³/mol. The Morgan fingerprint density at radius 1 is 1.33 bits per heavy atom. The van der Waals surface area contributed by atoms with E-state index in [4.69, 9.17) is 0 Å². The fraction of sp³-hybridized carbons (Fsp3) is 0.917. The van der Waals surface area contributed by atoms with Gasteiger partial charge in [-0.05, 0) is 32.1 Å². The molecular weight excluding hydrogens is 188 g/mol. The maximum Gasteiger partial charge on any atom is 0.237 e. The highest BCUT2D eigenvalue weighted by molar-refractivity contribution is 5.81. The Labute approximate surface area is 92.0 Å². The number of carbonyl (C=O) groups is 1. The van der Waals surface area contributed by atoms with Crippen molar-refractivity contribution in [1.82, 2.24) is 10.6 Å². The molecule has 2 saturated carbocycles. The summed E-state index contributed by atoms with van der Waals surface area (Å²) >= 11 is 0. The Morgan fingerprint density at radius 3 is 2.47 bits per heavy atom. The van der Waals surface area contributed by atoms with Crippen molar-refractivity contribution in [3.63, 3.8) is 0 Å². The van der Waals surface area contributed by atoms with Crippen LogP contribution < -0.4 is 10.6 Å². The summed E-state index contributed by atoms with van der Waals surface area (Å²) in [4.78, 5) is 11.8. The molecule has 0 aliphatic heterocycles. The standard InChI is InChI=1S/C12H22N2O/c1-8-7-11(8)13-9(2)12(15)14-10-5-3-4-6-10/h8-11,13H,3-7H2,1-2H3,(H,14,15). The van der Waals surface area contributed by atoms with Gasteiger partial charge in [0.15, 0.2) is 0 Å². The van der Waals surface area contributed by atoms with Crippen molar-refractivity contribution in [3.05, 3.63) is 0 Å². The van der Waals surface area contributed by atoms with Gasteiger partial charge in [-0.3, -0.25) is 4.79 Å². The van der Waals surface area contributed by atoms with Crippen molar-refractivity contribution in [2.75, 3.05) is 0 Å². The van der Waals surface area contributed by atoms with Crippen molar-refractivity contribution >= 4 is 5.91 Å². The highest BCUT2D eigenvalue weighted by Gasteiger charge is 2.34. The van der Waals surface area contributed by atoms with E-state index < -0.39 is 0 Å². The number of rotatable bonds is 4. The predicted octanol–water partition coefficient (Wildman–Crippen LogP) is 1.43. The third-order valence-electron chi connectivity index (χ3n) is 3.67. The second kappa shape index (κ2) is 4.52. The van der Waals surface area contributed by atoms with Crippen LogP contribution in [0.25, 0.3) is 0 Å². The van der Waals surface area contributed by atoms with Crippen LogP contribution in [0.15, 0.2) is 0 Å². The second-order valence-corrected chi connectivity index (χ2v) is 5.20. The number of amides is 1. The van der Waals surface area contributed by atoms with Crippen LogP contribution in [0.1, 0.15) is 46.0 Å². The van der Waals surface area contributed by atoms with Crippen LogP contribution in [-0.4, -0.2) is 24.0 Å². The van der Waals surface area contributed by atoms with E-state index in [2.05, 4.69) is 17.6 Å². The minimum absolute atomic E-state index is 0.0273. The molecule has 3 heteroatoms. The molecule has 0 aromatic heterocycles. The van der Waals surface area contributed by atoms with Crippen molar-refractivity contribution in [2.45, 2.75) is 64.1 Å². The van der Waals surface area contributed by atoms with Gasteiger partial charge in [-0.15, -0.1) is 0 Å². The first-order valence-electron chi connectivity index (χ1n) is 6.23. The molecule has 15 heavy (non-hydrogen) atoms. The molecular formula is C12H22N2O. The highest BCUT2D eigenvalue weighted by Crippen LogP contribution is 2.29. The van der Waals surface area contributed by atoms with Crippen LogP contribution in [0.5, 0.6) is 0 Å². The van der Waals surface area contributed by atoms with Gasteiger partial charge in [-0.1, -0.05) is 19.8 Å². The van der Waals surface area contributed by atoms with Crippen molar-refractivity contribution in [3.8, 4) is 0 Å². The lowest BCUT2D eigenvalue weighted by atomic mass is 10.2. The van der Waals surface area contributed by atoms with Crippen molar-refractivity contribution in [2.24, 2.45) is 5.92 Å². The molecule has 86 valence electrons. The maximum absolute atomic E-state index is 11.8. The van der Waals surface area contributed by atoms with E-state index in [1.807, 2.05) is 6.92 Å². The molecule has 2 aliphatic rings. The van der Waals surface area contributed by atoms with Gasteiger partial charge >= 0.3 is 0 Å². The van der Waals surface area contributed by atoms with E-state index in [1.165, 1.54) is 19.3 Å². The Balaban J connectivity index is 1.69. The lowest BCUT2D eigenvalue weighted by molar-refractivity contribution is -0.123. The first-order chi connectivity index (χ1) is 7.16. The third kappa shape index (κ3) is 2.94. The van der Waals surface area contributed by atoms with Gasteiger partial charge in [-0.2, -0.15) is 0 Å². The Morgan fingerprint density at radius 2 is 1.93 bits per heavy atom. The first-order valence-corrected chi connectivity index (χ1v) is 6.23. The van der Waals surface area contributed by atoms with Gasteiger partial charge < -0.3 is 10.6 Å². The number of nitrogens with one attached hydrogen (secondary N) is 2. The quantitative estimate of drug-likeness (QED) is 0.737. The summed E-state index contributed by atoms with van der Waals surface area (Å²) in [5.74, 6) is 0.938. The molecule has 0 bridgehead atoms. The molecule has 0 radical (unpaired) electrons. The molecule has 3 unspecified atom stereocenters.